The normalized spacial score (nSPS) is 9.30. The summed E-state index contributed by atoms with van der Waals surface area (Å²) in [7, 11) is 0. The van der Waals surface area contributed by atoms with Crippen molar-refractivity contribution in [2.75, 3.05) is 11.7 Å². The number of nitrogens with zero attached hydrogens (tertiary/aromatic N) is 3. The maximum Gasteiger partial charge on any atom is 0.226 e. The molecule has 0 unspecified atom stereocenters. The van der Waals surface area contributed by atoms with Gasteiger partial charge in [-0.1, -0.05) is 11.8 Å². The molecular weight excluding hydrogens is 172 g/mol. The second-order valence-corrected chi connectivity index (χ2v) is 2.81. The highest BCUT2D eigenvalue weighted by Gasteiger charge is 1.99. The highest BCUT2D eigenvalue weighted by atomic mass is 32.2. The van der Waals surface area contributed by atoms with Crippen LogP contribution in [0.2, 0.25) is 0 Å². The molecule has 0 fully saturated rings. The van der Waals surface area contributed by atoms with Crippen LogP contribution in [0.4, 0.5) is 5.13 Å². The minimum Gasteiger partial charge on any atom is -0.214 e. The van der Waals surface area contributed by atoms with Crippen molar-refractivity contribution in [1.82, 2.24) is 9.36 Å². The Morgan fingerprint density at radius 2 is 2.60 bits per heavy atom. The zero-order chi connectivity index (χ0) is 7.40. The topological polar surface area (TPSA) is 67.2 Å². The lowest BCUT2D eigenvalue weighted by Crippen LogP contribution is -1.82. The maximum absolute atomic E-state index is 9.64. The molecule has 1 N–H and O–H groups in total. The average molecular weight is 176 g/mol. The minimum atomic E-state index is 0.430. The standard InChI is InChI=1S/C3H4N4OS2/c1-9-3-4-2(5-7-8)10-6-3/h1H3,(H,4,5,6,8). The first-order chi connectivity index (χ1) is 4.86. The number of hydrogen-bond acceptors (Lipinski definition) is 6. The Balaban J connectivity index is 2.67. The molecule has 10 heavy (non-hydrogen) atoms. The largest absolute Gasteiger partial charge is 0.226 e. The Hall–Kier alpha value is -0.690. The monoisotopic (exact) mass is 176 g/mol. The number of nitrogens with one attached hydrogen (secondary N) is 1. The Bertz CT molecular complexity index is 224. The summed E-state index contributed by atoms with van der Waals surface area (Å²) in [5.74, 6) is 0. The van der Waals surface area contributed by atoms with Gasteiger partial charge in [0.2, 0.25) is 10.3 Å². The van der Waals surface area contributed by atoms with Crippen molar-refractivity contribution in [3.05, 3.63) is 4.91 Å². The molecule has 0 amide bonds. The number of hydrogen-bond donors (Lipinski definition) is 1. The van der Waals surface area contributed by atoms with Gasteiger partial charge >= 0.3 is 0 Å². The van der Waals surface area contributed by atoms with Gasteiger partial charge in [0.05, 0.1) is 5.29 Å². The van der Waals surface area contributed by atoms with Gasteiger partial charge in [-0.05, 0) is 6.26 Å². The first-order valence-electron chi connectivity index (χ1n) is 2.33. The van der Waals surface area contributed by atoms with Crippen LogP contribution in [0, 0.1) is 4.91 Å². The molecule has 0 aliphatic heterocycles. The van der Waals surface area contributed by atoms with Crippen molar-refractivity contribution in [2.45, 2.75) is 5.16 Å². The second-order valence-electron chi connectivity index (χ2n) is 1.29. The van der Waals surface area contributed by atoms with E-state index >= 15 is 0 Å². The van der Waals surface area contributed by atoms with Gasteiger partial charge in [0.15, 0.2) is 0 Å². The molecule has 1 aromatic heterocycles. The highest BCUT2D eigenvalue weighted by Crippen LogP contribution is 2.16. The van der Waals surface area contributed by atoms with Crippen molar-refractivity contribution in [3.63, 3.8) is 0 Å². The van der Waals surface area contributed by atoms with Crippen molar-refractivity contribution in [2.24, 2.45) is 5.29 Å². The molecule has 7 heteroatoms. The molecule has 54 valence electrons. The summed E-state index contributed by atoms with van der Waals surface area (Å²) >= 11 is 2.53. The lowest BCUT2D eigenvalue weighted by atomic mass is 11.2. The van der Waals surface area contributed by atoms with Gasteiger partial charge in [0.25, 0.3) is 0 Å². The summed E-state index contributed by atoms with van der Waals surface area (Å²) in [6.45, 7) is 0. The summed E-state index contributed by atoms with van der Waals surface area (Å²) in [5.41, 5.74) is 2.16. The zero-order valence-electron chi connectivity index (χ0n) is 5.07. The van der Waals surface area contributed by atoms with Crippen LogP contribution in [0.5, 0.6) is 0 Å². The second kappa shape index (κ2) is 3.47. The first kappa shape index (κ1) is 7.42. The van der Waals surface area contributed by atoms with Crippen molar-refractivity contribution in [1.29, 1.82) is 0 Å². The summed E-state index contributed by atoms with van der Waals surface area (Å²) in [4.78, 5) is 13.5. The van der Waals surface area contributed by atoms with Crippen molar-refractivity contribution >= 4 is 28.4 Å². The van der Waals surface area contributed by atoms with E-state index < -0.39 is 0 Å². The number of thioether (sulfide) groups is 1. The van der Waals surface area contributed by atoms with Crippen molar-refractivity contribution < 1.29 is 0 Å². The third-order valence-corrected chi connectivity index (χ3v) is 2.01. The molecule has 1 rings (SSSR count). The fourth-order valence-electron chi connectivity index (χ4n) is 0.377. The Morgan fingerprint density at radius 3 is 3.10 bits per heavy atom. The van der Waals surface area contributed by atoms with E-state index in [1.807, 2.05) is 6.26 Å². The smallest absolute Gasteiger partial charge is 0.214 e. The summed E-state index contributed by atoms with van der Waals surface area (Å²) < 4.78 is 3.89. The van der Waals surface area contributed by atoms with E-state index in [4.69, 9.17) is 0 Å². The molecule has 0 saturated carbocycles. The van der Waals surface area contributed by atoms with Gasteiger partial charge in [0, 0.05) is 11.5 Å². The molecule has 0 spiro atoms. The Labute approximate surface area is 65.4 Å². The van der Waals surface area contributed by atoms with Gasteiger partial charge in [0.1, 0.15) is 0 Å². The highest BCUT2D eigenvalue weighted by molar-refractivity contribution is 7.98. The Morgan fingerprint density at radius 1 is 1.80 bits per heavy atom. The first-order valence-corrected chi connectivity index (χ1v) is 4.32. The predicted molar refractivity (Wildman–Crippen MR) is 41.1 cm³/mol. The molecule has 1 heterocycles. The molecule has 1 aromatic rings. The van der Waals surface area contributed by atoms with Gasteiger partial charge < -0.3 is 0 Å². The molecule has 0 saturated heterocycles. The molecule has 0 bridgehead atoms. The summed E-state index contributed by atoms with van der Waals surface area (Å²) in [5, 5.41) is 3.53. The zero-order valence-corrected chi connectivity index (χ0v) is 6.70. The summed E-state index contributed by atoms with van der Waals surface area (Å²) in [6.07, 6.45) is 1.86. The molecule has 0 atom stereocenters. The van der Waals surface area contributed by atoms with E-state index in [-0.39, 0.29) is 0 Å². The quantitative estimate of drug-likeness (QED) is 0.428. The van der Waals surface area contributed by atoms with E-state index in [1.54, 1.807) is 0 Å². The number of nitroso groups, excluding NO2 is 1. The lowest BCUT2D eigenvalue weighted by molar-refractivity contribution is 1.07. The van der Waals surface area contributed by atoms with E-state index in [9.17, 15) is 4.91 Å². The van der Waals surface area contributed by atoms with Crippen molar-refractivity contribution in [3.8, 4) is 0 Å². The fourth-order valence-corrected chi connectivity index (χ4v) is 1.44. The van der Waals surface area contributed by atoms with Crippen LogP contribution >= 0.6 is 23.3 Å². The third-order valence-electron chi connectivity index (χ3n) is 0.731. The minimum absolute atomic E-state index is 0.430. The number of aromatic nitrogens is 2. The summed E-state index contributed by atoms with van der Waals surface area (Å²) in [6, 6.07) is 0. The van der Waals surface area contributed by atoms with E-state index in [0.29, 0.717) is 10.3 Å². The van der Waals surface area contributed by atoms with Gasteiger partial charge in [-0.3, -0.25) is 0 Å². The van der Waals surface area contributed by atoms with Crippen LogP contribution < -0.4 is 5.43 Å². The number of anilines is 1. The Kier molecular flexibility index (Phi) is 2.57. The van der Waals surface area contributed by atoms with Crippen LogP contribution in [0.3, 0.4) is 0 Å². The third kappa shape index (κ3) is 1.64. The van der Waals surface area contributed by atoms with Gasteiger partial charge in [-0.2, -0.15) is 9.36 Å². The molecule has 0 aliphatic carbocycles. The van der Waals surface area contributed by atoms with Gasteiger partial charge in [-0.15, -0.1) is 4.91 Å². The van der Waals surface area contributed by atoms with Crippen LogP contribution in [-0.2, 0) is 0 Å². The van der Waals surface area contributed by atoms with Gasteiger partial charge in [-0.25, -0.2) is 5.43 Å². The molecule has 0 aromatic carbocycles. The SMILES string of the molecule is CSc1nsc(NN=O)n1. The molecular formula is C3H4N4OS2. The lowest BCUT2D eigenvalue weighted by Gasteiger charge is -1.82. The van der Waals surface area contributed by atoms with Crippen LogP contribution in [0.15, 0.2) is 10.4 Å². The van der Waals surface area contributed by atoms with Crippen LogP contribution in [-0.4, -0.2) is 15.6 Å². The maximum atomic E-state index is 9.64. The fraction of sp³-hybridized carbons (Fsp3) is 0.333. The molecule has 0 aliphatic rings. The van der Waals surface area contributed by atoms with E-state index in [2.05, 4.69) is 20.1 Å². The average Bonchev–Trinajstić information content (AvgIpc) is 2.37. The number of rotatable bonds is 3. The predicted octanol–water partition coefficient (Wildman–Crippen LogP) is 1.35. The van der Waals surface area contributed by atoms with E-state index in [0.717, 1.165) is 11.5 Å². The molecule has 5 nitrogen and oxygen atoms in total. The molecule has 0 radical (unpaired) electrons. The van der Waals surface area contributed by atoms with E-state index in [1.165, 1.54) is 11.8 Å². The van der Waals surface area contributed by atoms with Crippen LogP contribution in [0.25, 0.3) is 0 Å². The van der Waals surface area contributed by atoms with Crippen LogP contribution in [0.1, 0.15) is 0 Å².